The minimum Gasteiger partial charge on any atom is -0.454 e. The molecule has 0 bridgehead atoms. The Kier molecular flexibility index (Phi) is 49.9. The number of aliphatic hydroxyl groups is 5. The Balaban J connectivity index is 2.56. The van der Waals surface area contributed by atoms with Gasteiger partial charge in [-0.2, -0.15) is 0 Å². The maximum absolute atomic E-state index is 13.3. The first kappa shape index (κ1) is 71.9. The number of carbonyl (C=O) groups is 2. The van der Waals surface area contributed by atoms with Gasteiger partial charge in [0, 0.05) is 6.42 Å². The fourth-order valence-electron chi connectivity index (χ4n) is 9.36. The van der Waals surface area contributed by atoms with E-state index in [9.17, 15) is 35.1 Å². The highest BCUT2D eigenvalue weighted by atomic mass is 16.7. The number of amides is 1. The molecule has 1 heterocycles. The van der Waals surface area contributed by atoms with Gasteiger partial charge in [0.1, 0.15) is 24.4 Å². The van der Waals surface area contributed by atoms with E-state index in [2.05, 4.69) is 99.0 Å². The lowest BCUT2D eigenvalue weighted by Crippen LogP contribution is -2.61. The van der Waals surface area contributed by atoms with Crippen molar-refractivity contribution in [1.82, 2.24) is 5.32 Å². The van der Waals surface area contributed by atoms with Crippen LogP contribution in [0.2, 0.25) is 0 Å². The molecule has 1 fully saturated rings. The number of ether oxygens (including phenoxy) is 3. The lowest BCUT2D eigenvalue weighted by Gasteiger charge is -2.41. The van der Waals surface area contributed by atoms with Crippen LogP contribution in [0.15, 0.2) is 85.1 Å². The highest BCUT2D eigenvalue weighted by Gasteiger charge is 2.47. The number of carbonyl (C=O) groups excluding carboxylic acids is 2. The van der Waals surface area contributed by atoms with Crippen molar-refractivity contribution in [1.29, 1.82) is 0 Å². The van der Waals surface area contributed by atoms with E-state index in [4.69, 9.17) is 14.2 Å². The third-order valence-corrected chi connectivity index (χ3v) is 14.3. The van der Waals surface area contributed by atoms with Crippen LogP contribution in [0, 0.1) is 0 Å². The van der Waals surface area contributed by atoms with E-state index in [-0.39, 0.29) is 13.0 Å². The molecule has 0 radical (unpaired) electrons. The van der Waals surface area contributed by atoms with Crippen LogP contribution < -0.4 is 5.32 Å². The van der Waals surface area contributed by atoms with Crippen LogP contribution in [0.4, 0.5) is 0 Å². The molecule has 1 aliphatic rings. The molecule has 0 spiro atoms. The van der Waals surface area contributed by atoms with Gasteiger partial charge in [-0.25, -0.2) is 0 Å². The number of hydrogen-bond acceptors (Lipinski definition) is 10. The molecule has 0 aromatic carbocycles. The zero-order valence-electron chi connectivity index (χ0n) is 49.1. The van der Waals surface area contributed by atoms with Crippen LogP contribution in [-0.4, -0.2) is 99.6 Å². The Bertz CT molecular complexity index is 1570. The molecule has 1 aliphatic heterocycles. The second-order valence-corrected chi connectivity index (χ2v) is 21.4. The number of nitrogens with one attached hydrogen (secondary N) is 1. The summed E-state index contributed by atoms with van der Waals surface area (Å²) >= 11 is 0. The summed E-state index contributed by atoms with van der Waals surface area (Å²) in [6.45, 7) is 5.64. The minimum absolute atomic E-state index is 0.111. The highest BCUT2D eigenvalue weighted by Crippen LogP contribution is 2.26. The van der Waals surface area contributed by atoms with Crippen LogP contribution in [0.25, 0.3) is 0 Å². The molecular weight excluding hydrogens is 967 g/mol. The molecule has 1 rings (SSSR count). The quantitative estimate of drug-likeness (QED) is 0.0195. The molecule has 0 aromatic rings. The van der Waals surface area contributed by atoms with E-state index in [1.165, 1.54) is 103 Å². The second kappa shape index (κ2) is 53.5. The van der Waals surface area contributed by atoms with Crippen molar-refractivity contribution >= 4 is 11.9 Å². The molecular formula is C66H115NO10. The van der Waals surface area contributed by atoms with Gasteiger partial charge in [0.2, 0.25) is 5.91 Å². The molecule has 0 aromatic heterocycles. The first-order valence-electron chi connectivity index (χ1n) is 31.4. The summed E-state index contributed by atoms with van der Waals surface area (Å²) < 4.78 is 17.6. The zero-order chi connectivity index (χ0) is 56.1. The molecule has 0 aliphatic carbocycles. The molecule has 8 atom stereocenters. The van der Waals surface area contributed by atoms with Crippen molar-refractivity contribution in [2.24, 2.45) is 0 Å². The molecule has 6 N–H and O–H groups in total. The topological polar surface area (TPSA) is 175 Å². The lowest BCUT2D eigenvalue weighted by molar-refractivity contribution is -0.305. The smallest absolute Gasteiger partial charge is 0.306 e. The Morgan fingerprint density at radius 3 is 1.40 bits per heavy atom. The maximum atomic E-state index is 13.3. The van der Waals surface area contributed by atoms with Gasteiger partial charge in [-0.3, -0.25) is 9.59 Å². The third kappa shape index (κ3) is 41.5. The van der Waals surface area contributed by atoms with Gasteiger partial charge in [-0.05, 0) is 77.0 Å². The van der Waals surface area contributed by atoms with Gasteiger partial charge in [-0.15, -0.1) is 0 Å². The summed E-state index contributed by atoms with van der Waals surface area (Å²) in [6, 6.07) is -1.02. The fraction of sp³-hybridized carbons (Fsp3) is 0.758. The lowest BCUT2D eigenvalue weighted by atomic mass is 9.99. The van der Waals surface area contributed by atoms with E-state index in [1.807, 2.05) is 6.08 Å². The van der Waals surface area contributed by atoms with Gasteiger partial charge in [-0.1, -0.05) is 260 Å². The minimum atomic E-state index is -1.62. The molecule has 8 unspecified atom stereocenters. The average molecular weight is 1080 g/mol. The van der Waals surface area contributed by atoms with Gasteiger partial charge in [0.05, 0.1) is 25.4 Å². The van der Waals surface area contributed by atoms with Crippen molar-refractivity contribution in [2.45, 2.75) is 307 Å². The molecule has 77 heavy (non-hydrogen) atoms. The number of hydrogen-bond donors (Lipinski definition) is 6. The van der Waals surface area contributed by atoms with E-state index in [0.717, 1.165) is 109 Å². The first-order chi connectivity index (χ1) is 37.7. The van der Waals surface area contributed by atoms with Crippen molar-refractivity contribution in [3.63, 3.8) is 0 Å². The Morgan fingerprint density at radius 2 is 0.935 bits per heavy atom. The molecule has 1 saturated heterocycles. The zero-order valence-corrected chi connectivity index (χ0v) is 49.1. The van der Waals surface area contributed by atoms with Crippen LogP contribution in [-0.2, 0) is 23.8 Å². The number of aliphatic hydroxyl groups excluding tert-OH is 5. The first-order valence-corrected chi connectivity index (χ1v) is 31.4. The van der Waals surface area contributed by atoms with Gasteiger partial charge in [0.25, 0.3) is 0 Å². The van der Waals surface area contributed by atoms with Gasteiger partial charge < -0.3 is 45.1 Å². The van der Waals surface area contributed by atoms with Crippen molar-refractivity contribution in [3.05, 3.63) is 85.1 Å². The standard InChI is InChI=1S/C66H115NO10/c1-4-7-10-13-16-19-22-23-24-25-26-27-28-29-30-31-32-33-34-35-36-37-39-42-45-48-51-54-61(71)77-64-63(73)62(72)60(55-68)76-66(64)75-56-57(58(69)52-49-46-43-41-38-20-17-14-11-8-5-2)67-65(74)59(70)53-50-47-44-40-21-18-15-12-9-6-3/h7,10,16,19,23-24,26-27,29-30,32-33,49,52,57-60,62-64,66,68-70,72-73H,4-6,8-9,11-15,17-18,20-22,25,28,31,34-48,50-51,53-56H2,1-3H3,(H,67,74)/b10-7-,19-16-,24-23-,27-26-,30-29-,33-32-,52-49+. The van der Waals surface area contributed by atoms with E-state index in [1.54, 1.807) is 6.08 Å². The summed E-state index contributed by atoms with van der Waals surface area (Å²) in [7, 11) is 0. The monoisotopic (exact) mass is 1080 g/mol. The van der Waals surface area contributed by atoms with Crippen molar-refractivity contribution in [2.75, 3.05) is 13.2 Å². The molecule has 11 heteroatoms. The number of esters is 1. The third-order valence-electron chi connectivity index (χ3n) is 14.3. The van der Waals surface area contributed by atoms with Crippen molar-refractivity contribution in [3.8, 4) is 0 Å². The van der Waals surface area contributed by atoms with Crippen molar-refractivity contribution < 1.29 is 49.3 Å². The van der Waals surface area contributed by atoms with E-state index >= 15 is 0 Å². The van der Waals surface area contributed by atoms with Gasteiger partial charge in [0.15, 0.2) is 12.4 Å². The number of unbranched alkanes of at least 4 members (excludes halogenated alkanes) is 26. The fourth-order valence-corrected chi connectivity index (χ4v) is 9.36. The Morgan fingerprint density at radius 1 is 0.519 bits per heavy atom. The summed E-state index contributed by atoms with van der Waals surface area (Å²) in [6.07, 6.45) is 59.2. The number of allylic oxidation sites excluding steroid dienone is 13. The average Bonchev–Trinajstić information content (AvgIpc) is 3.43. The van der Waals surface area contributed by atoms with Crippen LogP contribution in [0.5, 0.6) is 0 Å². The van der Waals surface area contributed by atoms with Crippen LogP contribution in [0.1, 0.15) is 258 Å². The SMILES string of the molecule is CC/C=C\C/C=C\C/C=C\C/C=C\C/C=C\C/C=C\CCCCCCCCCCC(=O)OC1C(OCC(NC(=O)C(O)CCCCCCCCCCCC)C(O)/C=C/CCCCCCCCCCC)OC(CO)C(O)C1O. The molecule has 1 amide bonds. The summed E-state index contributed by atoms with van der Waals surface area (Å²) in [4.78, 5) is 26.5. The summed E-state index contributed by atoms with van der Waals surface area (Å²) in [5, 5.41) is 56.8. The summed E-state index contributed by atoms with van der Waals surface area (Å²) in [5.41, 5.74) is 0. The van der Waals surface area contributed by atoms with E-state index < -0.39 is 67.4 Å². The second-order valence-electron chi connectivity index (χ2n) is 21.4. The summed E-state index contributed by atoms with van der Waals surface area (Å²) in [5.74, 6) is -1.20. The van der Waals surface area contributed by atoms with Crippen LogP contribution >= 0.6 is 0 Å². The number of rotatable bonds is 52. The molecule has 11 nitrogen and oxygen atoms in total. The van der Waals surface area contributed by atoms with Crippen LogP contribution in [0.3, 0.4) is 0 Å². The van der Waals surface area contributed by atoms with E-state index in [0.29, 0.717) is 19.3 Å². The maximum Gasteiger partial charge on any atom is 0.306 e. The molecule has 444 valence electrons. The molecule has 0 saturated carbocycles. The van der Waals surface area contributed by atoms with Gasteiger partial charge >= 0.3 is 5.97 Å². The Labute approximate surface area is 470 Å². The Hall–Kier alpha value is -3.16. The normalized spacial score (nSPS) is 19.6. The highest BCUT2D eigenvalue weighted by molar-refractivity contribution is 5.80. The predicted molar refractivity (Wildman–Crippen MR) is 319 cm³/mol. The predicted octanol–water partition coefficient (Wildman–Crippen LogP) is 14.9. The largest absolute Gasteiger partial charge is 0.454 e.